The number of nitrogens with one attached hydrogen (secondary N) is 2. The van der Waals surface area contributed by atoms with E-state index < -0.39 is 0 Å². The van der Waals surface area contributed by atoms with E-state index in [0.29, 0.717) is 10.6 Å². The van der Waals surface area contributed by atoms with Gasteiger partial charge >= 0.3 is 0 Å². The van der Waals surface area contributed by atoms with E-state index in [9.17, 15) is 14.9 Å². The van der Waals surface area contributed by atoms with E-state index >= 15 is 0 Å². The van der Waals surface area contributed by atoms with Gasteiger partial charge in [-0.15, -0.1) is 11.3 Å². The van der Waals surface area contributed by atoms with Gasteiger partial charge in [-0.05, 0) is 52.1 Å². The normalized spacial score (nSPS) is 13.5. The number of anilines is 1. The Morgan fingerprint density at radius 3 is 2.58 bits per heavy atom. The molecule has 130 valence electrons. The van der Waals surface area contributed by atoms with Crippen LogP contribution in [-0.4, -0.2) is 42.9 Å². The Morgan fingerprint density at radius 1 is 1.25 bits per heavy atom. The van der Waals surface area contributed by atoms with Crippen LogP contribution in [0.1, 0.15) is 42.7 Å². The van der Waals surface area contributed by atoms with Crippen molar-refractivity contribution in [1.29, 1.82) is 5.26 Å². The van der Waals surface area contributed by atoms with Gasteiger partial charge in [-0.1, -0.05) is 0 Å². The molecule has 24 heavy (non-hydrogen) atoms. The summed E-state index contributed by atoms with van der Waals surface area (Å²) in [5.74, 6) is -0.311. The van der Waals surface area contributed by atoms with E-state index in [0.717, 1.165) is 31.2 Å². The van der Waals surface area contributed by atoms with Crippen LogP contribution < -0.4 is 10.6 Å². The van der Waals surface area contributed by atoms with E-state index in [2.05, 4.69) is 16.7 Å². The Hall–Kier alpha value is -1.91. The molecule has 0 spiro atoms. The van der Waals surface area contributed by atoms with Gasteiger partial charge in [0.15, 0.2) is 0 Å². The molecule has 1 aliphatic carbocycles. The van der Waals surface area contributed by atoms with Crippen LogP contribution in [0.2, 0.25) is 0 Å². The van der Waals surface area contributed by atoms with Gasteiger partial charge in [0.2, 0.25) is 11.8 Å². The molecule has 2 rings (SSSR count). The first-order chi connectivity index (χ1) is 11.4. The summed E-state index contributed by atoms with van der Waals surface area (Å²) in [6.45, 7) is 4.07. The Balaban J connectivity index is 1.94. The first kappa shape index (κ1) is 18.4. The van der Waals surface area contributed by atoms with Gasteiger partial charge in [0.05, 0.1) is 18.7 Å². The van der Waals surface area contributed by atoms with Crippen LogP contribution in [0.15, 0.2) is 0 Å². The maximum Gasteiger partial charge on any atom is 0.239 e. The number of thiophene rings is 1. The van der Waals surface area contributed by atoms with Crippen molar-refractivity contribution in [1.82, 2.24) is 10.2 Å². The molecule has 7 heteroatoms. The number of fused-ring (bicyclic) bond motifs is 1. The monoisotopic (exact) mass is 348 g/mol. The number of carbonyl (C=O) groups is 2. The van der Waals surface area contributed by atoms with Gasteiger partial charge in [-0.2, -0.15) is 5.26 Å². The van der Waals surface area contributed by atoms with Crippen molar-refractivity contribution in [2.24, 2.45) is 0 Å². The lowest BCUT2D eigenvalue weighted by Gasteiger charge is -2.16. The second-order valence-electron chi connectivity index (χ2n) is 6.47. The van der Waals surface area contributed by atoms with E-state index in [1.54, 1.807) is 11.9 Å². The number of nitriles is 1. The summed E-state index contributed by atoms with van der Waals surface area (Å²) in [5, 5.41) is 15.7. The number of hydrogen-bond donors (Lipinski definition) is 2. The predicted octanol–water partition coefficient (Wildman–Crippen LogP) is 1.89. The first-order valence-electron chi connectivity index (χ1n) is 8.23. The Kier molecular flexibility index (Phi) is 6.35. The molecule has 0 unspecified atom stereocenters. The third-order valence-corrected chi connectivity index (χ3v) is 5.02. The zero-order valence-corrected chi connectivity index (χ0v) is 15.3. The van der Waals surface area contributed by atoms with Crippen molar-refractivity contribution in [3.63, 3.8) is 0 Å². The molecule has 1 aromatic rings. The summed E-state index contributed by atoms with van der Waals surface area (Å²) in [6, 6.07) is 2.31. The first-order valence-corrected chi connectivity index (χ1v) is 9.04. The third kappa shape index (κ3) is 4.79. The molecule has 0 bridgehead atoms. The van der Waals surface area contributed by atoms with E-state index in [-0.39, 0.29) is 30.9 Å². The molecule has 0 aromatic carbocycles. The fourth-order valence-electron chi connectivity index (χ4n) is 2.85. The number of amides is 2. The molecule has 0 radical (unpaired) electrons. The Labute approximate surface area is 146 Å². The van der Waals surface area contributed by atoms with E-state index in [1.165, 1.54) is 16.2 Å². The Morgan fingerprint density at radius 2 is 1.92 bits per heavy atom. The molecule has 0 aliphatic heterocycles. The highest BCUT2D eigenvalue weighted by molar-refractivity contribution is 7.16. The average molecular weight is 348 g/mol. The lowest BCUT2D eigenvalue weighted by Crippen LogP contribution is -2.41. The molecular weight excluding hydrogens is 324 g/mol. The average Bonchev–Trinajstić information content (AvgIpc) is 2.82. The summed E-state index contributed by atoms with van der Waals surface area (Å²) in [7, 11) is 1.73. The van der Waals surface area contributed by atoms with Crippen molar-refractivity contribution in [2.75, 3.05) is 25.5 Å². The number of rotatable bonds is 6. The molecule has 1 aliphatic rings. The minimum absolute atomic E-state index is 0.0790. The Bertz CT molecular complexity index is 660. The van der Waals surface area contributed by atoms with Crippen LogP contribution in [0.4, 0.5) is 5.00 Å². The van der Waals surface area contributed by atoms with Crippen LogP contribution in [0.25, 0.3) is 0 Å². The largest absolute Gasteiger partial charge is 0.353 e. The predicted molar refractivity (Wildman–Crippen MR) is 95.1 cm³/mol. The van der Waals surface area contributed by atoms with Gasteiger partial charge in [-0.25, -0.2) is 0 Å². The van der Waals surface area contributed by atoms with Crippen molar-refractivity contribution in [2.45, 2.75) is 45.6 Å². The van der Waals surface area contributed by atoms with Gasteiger partial charge in [0.1, 0.15) is 11.1 Å². The van der Waals surface area contributed by atoms with Crippen molar-refractivity contribution in [3.05, 3.63) is 16.0 Å². The summed E-state index contributed by atoms with van der Waals surface area (Å²) in [5.41, 5.74) is 1.72. The minimum atomic E-state index is -0.204. The highest BCUT2D eigenvalue weighted by Gasteiger charge is 2.22. The number of aryl methyl sites for hydroxylation is 1. The molecule has 0 saturated carbocycles. The zero-order chi connectivity index (χ0) is 17.7. The lowest BCUT2D eigenvalue weighted by molar-refractivity contribution is -0.123. The second-order valence-corrected chi connectivity index (χ2v) is 7.57. The number of carbonyl (C=O) groups excluding carboxylic acids is 2. The number of likely N-dealkylation sites (N-methyl/N-ethyl adjacent to an activating group) is 1. The summed E-state index contributed by atoms with van der Waals surface area (Å²) in [4.78, 5) is 26.8. The van der Waals surface area contributed by atoms with Gasteiger partial charge in [0, 0.05) is 10.9 Å². The number of nitrogens with zero attached hydrogens (tertiary/aromatic N) is 2. The summed E-state index contributed by atoms with van der Waals surface area (Å²) >= 11 is 1.51. The van der Waals surface area contributed by atoms with Crippen LogP contribution in [-0.2, 0) is 22.4 Å². The van der Waals surface area contributed by atoms with Crippen LogP contribution in [0.3, 0.4) is 0 Å². The molecule has 0 saturated heterocycles. The minimum Gasteiger partial charge on any atom is -0.353 e. The third-order valence-electron chi connectivity index (χ3n) is 3.81. The van der Waals surface area contributed by atoms with Crippen molar-refractivity contribution >= 4 is 28.2 Å². The summed E-state index contributed by atoms with van der Waals surface area (Å²) in [6.07, 6.45) is 4.14. The van der Waals surface area contributed by atoms with Crippen LogP contribution in [0, 0.1) is 11.3 Å². The maximum absolute atomic E-state index is 12.2. The summed E-state index contributed by atoms with van der Waals surface area (Å²) < 4.78 is 0. The fourth-order valence-corrected chi connectivity index (χ4v) is 4.11. The molecule has 0 atom stereocenters. The lowest BCUT2D eigenvalue weighted by atomic mass is 9.96. The van der Waals surface area contributed by atoms with Crippen LogP contribution in [0.5, 0.6) is 0 Å². The van der Waals surface area contributed by atoms with Gasteiger partial charge in [-0.3, -0.25) is 14.5 Å². The van der Waals surface area contributed by atoms with Crippen LogP contribution >= 0.6 is 11.3 Å². The SMILES string of the molecule is CC(C)NC(=O)CN(C)CC(=O)Nc1sc2c(c1C#N)CCCC2. The quantitative estimate of drug-likeness (QED) is 0.822. The number of hydrogen-bond acceptors (Lipinski definition) is 5. The molecular formula is C17H24N4O2S. The molecule has 2 N–H and O–H groups in total. The molecule has 1 aromatic heterocycles. The maximum atomic E-state index is 12.2. The fraction of sp³-hybridized carbons (Fsp3) is 0.588. The molecule has 6 nitrogen and oxygen atoms in total. The molecule has 2 amide bonds. The zero-order valence-electron chi connectivity index (χ0n) is 14.4. The standard InChI is InChI=1S/C17H24N4O2S/c1-11(2)19-15(22)9-21(3)10-16(23)20-17-13(8-18)12-6-4-5-7-14(12)24-17/h11H,4-7,9-10H2,1-3H3,(H,19,22)(H,20,23). The highest BCUT2D eigenvalue weighted by atomic mass is 32.1. The molecule has 0 fully saturated rings. The van der Waals surface area contributed by atoms with Crippen molar-refractivity contribution in [3.8, 4) is 6.07 Å². The topological polar surface area (TPSA) is 85.2 Å². The van der Waals surface area contributed by atoms with E-state index in [4.69, 9.17) is 0 Å². The second kappa shape index (κ2) is 8.27. The highest BCUT2D eigenvalue weighted by Crippen LogP contribution is 2.37. The molecule has 1 heterocycles. The van der Waals surface area contributed by atoms with Gasteiger partial charge < -0.3 is 10.6 Å². The smallest absolute Gasteiger partial charge is 0.239 e. The van der Waals surface area contributed by atoms with Gasteiger partial charge in [0.25, 0.3) is 0 Å². The van der Waals surface area contributed by atoms with E-state index in [1.807, 2.05) is 13.8 Å². The van der Waals surface area contributed by atoms with Crippen molar-refractivity contribution < 1.29 is 9.59 Å².